The third-order valence-corrected chi connectivity index (χ3v) is 3.77. The minimum atomic E-state index is 0.658. The van der Waals surface area contributed by atoms with E-state index in [0.29, 0.717) is 5.41 Å². The maximum Gasteiger partial charge on any atom is -0.0303 e. The van der Waals surface area contributed by atoms with Crippen molar-refractivity contribution in [3.8, 4) is 0 Å². The van der Waals surface area contributed by atoms with E-state index in [1.165, 1.54) is 51.4 Å². The van der Waals surface area contributed by atoms with Crippen LogP contribution < -0.4 is 0 Å². The van der Waals surface area contributed by atoms with Gasteiger partial charge in [-0.2, -0.15) is 0 Å². The molecule has 0 bridgehead atoms. The zero-order chi connectivity index (χ0) is 10.9. The highest BCUT2D eigenvalue weighted by Gasteiger charge is 2.24. The normalized spacial score (nSPS) is 12.0. The molecule has 0 rings (SSSR count). The Bertz CT molecular complexity index is 111. The zero-order valence-corrected chi connectivity index (χ0v) is 10.6. The van der Waals surface area contributed by atoms with Gasteiger partial charge in [-0.25, -0.2) is 0 Å². The summed E-state index contributed by atoms with van der Waals surface area (Å²) in [5, 5.41) is 0. The van der Waals surface area contributed by atoms with Gasteiger partial charge in [0.2, 0.25) is 0 Å². The van der Waals surface area contributed by atoms with Crippen molar-refractivity contribution in [3.63, 3.8) is 0 Å². The molecule has 0 N–H and O–H groups in total. The minimum absolute atomic E-state index is 0.658. The highest BCUT2D eigenvalue weighted by atomic mass is 14.3. The van der Waals surface area contributed by atoms with E-state index in [2.05, 4.69) is 27.7 Å². The van der Waals surface area contributed by atoms with Gasteiger partial charge in [0, 0.05) is 0 Å². The van der Waals surface area contributed by atoms with Crippen LogP contribution in [-0.2, 0) is 0 Å². The molecular weight excluding hydrogens is 168 g/mol. The van der Waals surface area contributed by atoms with E-state index in [9.17, 15) is 0 Å². The first-order valence-corrected chi connectivity index (χ1v) is 6.54. The van der Waals surface area contributed by atoms with Gasteiger partial charge in [0.25, 0.3) is 0 Å². The molecule has 14 heavy (non-hydrogen) atoms. The molecule has 0 unspecified atom stereocenters. The first-order valence-electron chi connectivity index (χ1n) is 6.54. The fourth-order valence-corrected chi connectivity index (χ4v) is 2.31. The lowest BCUT2D eigenvalue weighted by Crippen LogP contribution is -2.18. The van der Waals surface area contributed by atoms with Crippen molar-refractivity contribution in [3.05, 3.63) is 6.92 Å². The van der Waals surface area contributed by atoms with E-state index in [-0.39, 0.29) is 0 Å². The van der Waals surface area contributed by atoms with Crippen LogP contribution in [0.1, 0.15) is 78.6 Å². The molecule has 0 spiro atoms. The van der Waals surface area contributed by atoms with Gasteiger partial charge in [0.05, 0.1) is 0 Å². The summed E-state index contributed by atoms with van der Waals surface area (Å²) in [5.74, 6) is 0. The van der Waals surface area contributed by atoms with Crippen LogP contribution in [0.5, 0.6) is 0 Å². The molecule has 0 aliphatic rings. The molecule has 0 aliphatic carbocycles. The van der Waals surface area contributed by atoms with Gasteiger partial charge in [0.15, 0.2) is 0 Å². The van der Waals surface area contributed by atoms with E-state index in [0.717, 1.165) is 6.42 Å². The Morgan fingerprint density at radius 3 is 1.86 bits per heavy atom. The summed E-state index contributed by atoms with van der Waals surface area (Å²) in [7, 11) is 0. The zero-order valence-electron chi connectivity index (χ0n) is 10.6. The average Bonchev–Trinajstić information content (AvgIpc) is 2.24. The molecule has 0 saturated heterocycles. The van der Waals surface area contributed by atoms with E-state index in [1.807, 2.05) is 0 Å². The summed E-state index contributed by atoms with van der Waals surface area (Å²) < 4.78 is 0. The fourth-order valence-electron chi connectivity index (χ4n) is 2.31. The van der Waals surface area contributed by atoms with E-state index < -0.39 is 0 Å². The predicted octanol–water partition coefficient (Wildman–Crippen LogP) is 5.38. The van der Waals surface area contributed by atoms with Crippen LogP contribution >= 0.6 is 0 Å². The van der Waals surface area contributed by atoms with Crippen LogP contribution in [0, 0.1) is 12.3 Å². The van der Waals surface area contributed by atoms with Crippen molar-refractivity contribution in [2.75, 3.05) is 0 Å². The molecule has 0 atom stereocenters. The Morgan fingerprint density at radius 2 is 1.43 bits per heavy atom. The molecule has 0 heteroatoms. The van der Waals surface area contributed by atoms with Gasteiger partial charge < -0.3 is 0 Å². The summed E-state index contributed by atoms with van der Waals surface area (Å²) in [6.45, 7) is 10.9. The highest BCUT2D eigenvalue weighted by Crippen LogP contribution is 2.37. The average molecular weight is 197 g/mol. The Morgan fingerprint density at radius 1 is 0.857 bits per heavy atom. The van der Waals surface area contributed by atoms with Gasteiger partial charge in [-0.1, -0.05) is 72.6 Å². The Hall–Kier alpha value is 0. The number of rotatable bonds is 9. The van der Waals surface area contributed by atoms with Crippen molar-refractivity contribution in [1.29, 1.82) is 0 Å². The smallest absolute Gasteiger partial charge is 0.0303 e. The molecule has 0 heterocycles. The molecule has 0 aromatic carbocycles. The quantitative estimate of drug-likeness (QED) is 0.435. The van der Waals surface area contributed by atoms with Gasteiger partial charge in [0.1, 0.15) is 0 Å². The molecule has 0 amide bonds. The van der Waals surface area contributed by atoms with Crippen LogP contribution in [0.25, 0.3) is 0 Å². The molecule has 0 aromatic heterocycles. The maximum atomic E-state index is 3.92. The topological polar surface area (TPSA) is 0 Å². The summed E-state index contributed by atoms with van der Waals surface area (Å²) in [4.78, 5) is 0. The fraction of sp³-hybridized carbons (Fsp3) is 0.929. The summed E-state index contributed by atoms with van der Waals surface area (Å²) in [5.41, 5.74) is 0.658. The van der Waals surface area contributed by atoms with Gasteiger partial charge >= 0.3 is 0 Å². The largest absolute Gasteiger partial charge is 0.0654 e. The maximum absolute atomic E-state index is 3.92. The van der Waals surface area contributed by atoms with Gasteiger partial charge in [-0.05, 0) is 18.3 Å². The Labute approximate surface area is 91.5 Å². The lowest BCUT2D eigenvalue weighted by Gasteiger charge is -2.32. The third-order valence-electron chi connectivity index (χ3n) is 3.77. The molecule has 85 valence electrons. The van der Waals surface area contributed by atoms with Gasteiger partial charge in [-0.15, -0.1) is 0 Å². The first kappa shape index (κ1) is 14.0. The van der Waals surface area contributed by atoms with Crippen LogP contribution in [0.2, 0.25) is 0 Å². The molecular formula is C14H29. The predicted molar refractivity (Wildman–Crippen MR) is 66.4 cm³/mol. The second-order valence-corrected chi connectivity index (χ2v) is 4.62. The molecule has 1 radical (unpaired) electrons. The molecule has 0 nitrogen and oxygen atoms in total. The molecule has 0 aliphatic heterocycles. The number of unbranched alkanes of at least 4 members (excludes halogenated alkanes) is 3. The van der Waals surface area contributed by atoms with Gasteiger partial charge in [-0.3, -0.25) is 0 Å². The van der Waals surface area contributed by atoms with E-state index in [4.69, 9.17) is 0 Å². The van der Waals surface area contributed by atoms with Crippen LogP contribution in [0.3, 0.4) is 0 Å². The second-order valence-electron chi connectivity index (χ2n) is 4.62. The Balaban J connectivity index is 3.94. The van der Waals surface area contributed by atoms with Crippen LogP contribution in [0.4, 0.5) is 0 Å². The second kappa shape index (κ2) is 8.32. The van der Waals surface area contributed by atoms with Crippen LogP contribution in [-0.4, -0.2) is 0 Å². The monoisotopic (exact) mass is 197 g/mol. The minimum Gasteiger partial charge on any atom is -0.0654 e. The van der Waals surface area contributed by atoms with Crippen LogP contribution in [0.15, 0.2) is 0 Å². The first-order chi connectivity index (χ1) is 6.74. The van der Waals surface area contributed by atoms with E-state index >= 15 is 0 Å². The number of hydrogen-bond acceptors (Lipinski definition) is 0. The summed E-state index contributed by atoms with van der Waals surface area (Å²) >= 11 is 0. The Kier molecular flexibility index (Phi) is 8.32. The summed E-state index contributed by atoms with van der Waals surface area (Å²) in [6.07, 6.45) is 12.1. The lowest BCUT2D eigenvalue weighted by atomic mass is 9.74. The highest BCUT2D eigenvalue weighted by molar-refractivity contribution is 4.76. The van der Waals surface area contributed by atoms with E-state index in [1.54, 1.807) is 0 Å². The lowest BCUT2D eigenvalue weighted by molar-refractivity contribution is 0.205. The van der Waals surface area contributed by atoms with Crippen molar-refractivity contribution >= 4 is 0 Å². The number of hydrogen-bond donors (Lipinski definition) is 0. The van der Waals surface area contributed by atoms with Crippen molar-refractivity contribution < 1.29 is 0 Å². The van der Waals surface area contributed by atoms with Crippen molar-refractivity contribution in [2.24, 2.45) is 5.41 Å². The van der Waals surface area contributed by atoms with Crippen molar-refractivity contribution in [2.45, 2.75) is 78.6 Å². The standard InChI is InChI=1S/C14H29/c1-5-9-11-13-14(7-3,8-4)12-10-6-2/h1,5-13H2,2-4H3. The molecule has 0 saturated carbocycles. The molecule has 0 aromatic rings. The molecule has 0 fully saturated rings. The van der Waals surface area contributed by atoms with Crippen molar-refractivity contribution in [1.82, 2.24) is 0 Å². The SMILES string of the molecule is [CH2]CCCCC(CC)(CC)CCCC. The third kappa shape index (κ3) is 5.02. The summed E-state index contributed by atoms with van der Waals surface area (Å²) in [6, 6.07) is 0.